The first-order chi connectivity index (χ1) is 60.2. The van der Waals surface area contributed by atoms with E-state index in [4.69, 9.17) is 66.5 Å². The van der Waals surface area contributed by atoms with Crippen molar-refractivity contribution in [3.8, 4) is 79.8 Å². The average Bonchev–Trinajstić information content (AvgIpc) is 1.67. The van der Waals surface area contributed by atoms with E-state index in [-0.39, 0.29) is 113 Å². The zero-order chi connectivity index (χ0) is 89.8. The van der Waals surface area contributed by atoms with Gasteiger partial charge in [-0.1, -0.05) is 93.7 Å². The van der Waals surface area contributed by atoms with Crippen molar-refractivity contribution in [2.24, 2.45) is 5.73 Å². The molecular formula is C97H103F3N4O18S3. The number of carboxylic acid groups (broad SMARTS) is 1. The number of aliphatic hydroxyl groups is 4. The molecule has 3 unspecified atom stereocenters. The molecule has 0 aliphatic heterocycles. The maximum Gasteiger partial charge on any atom is 0.335 e. The molecule has 22 nitrogen and oxygen atoms in total. The van der Waals surface area contributed by atoms with Crippen molar-refractivity contribution < 1.29 is 104 Å². The summed E-state index contributed by atoms with van der Waals surface area (Å²) in [6.07, 6.45) is 0.499. The third-order valence-corrected chi connectivity index (χ3v) is 22.8. The Kier molecular flexibility index (Phi) is 34.6. The zero-order valence-corrected chi connectivity index (χ0v) is 70.9. The van der Waals surface area contributed by atoms with E-state index in [0.717, 1.165) is 61.5 Å². The first-order valence-corrected chi connectivity index (χ1v) is 41.6. The molecule has 0 aliphatic carbocycles. The van der Waals surface area contributed by atoms with E-state index >= 15 is 0 Å². The number of phenolic OH excluding ortho intramolecular Hbond substituents is 1. The van der Waals surface area contributed by atoms with Crippen LogP contribution in [-0.4, -0.2) is 138 Å². The highest BCUT2D eigenvalue weighted by Gasteiger charge is 2.30. The van der Waals surface area contributed by atoms with Crippen molar-refractivity contribution in [2.75, 3.05) is 74.6 Å². The second-order valence-electron chi connectivity index (χ2n) is 28.7. The van der Waals surface area contributed by atoms with E-state index in [1.807, 2.05) is 113 Å². The summed E-state index contributed by atoms with van der Waals surface area (Å²) in [5.41, 5.74) is 10.5. The van der Waals surface area contributed by atoms with E-state index in [2.05, 4.69) is 9.97 Å². The number of Topliss-reactive ketones (excluding diaryl/α,β-unsaturated/α-hetero) is 2. The number of carbonyl (C=O) groups is 3. The predicted octanol–water partition coefficient (Wildman–Crippen LogP) is 20.4. The molecule has 8 N–H and O–H groups in total. The van der Waals surface area contributed by atoms with Gasteiger partial charge < -0.3 is 79.0 Å². The van der Waals surface area contributed by atoms with E-state index in [9.17, 15) is 48.0 Å². The van der Waals surface area contributed by atoms with E-state index in [1.165, 1.54) is 78.6 Å². The number of methoxy groups -OCH3 is 4. The second-order valence-corrected chi connectivity index (χ2v) is 31.3. The van der Waals surface area contributed by atoms with Gasteiger partial charge in [-0.3, -0.25) is 9.59 Å². The number of aromatic carboxylic acids is 1. The molecule has 14 aromatic rings. The van der Waals surface area contributed by atoms with Gasteiger partial charge in [0.1, 0.15) is 65.6 Å². The van der Waals surface area contributed by atoms with E-state index < -0.39 is 22.8 Å². The summed E-state index contributed by atoms with van der Waals surface area (Å²) in [5.74, 6) is 1.19. The van der Waals surface area contributed by atoms with Gasteiger partial charge in [-0.2, -0.15) is 0 Å². The molecular weight excluding hydrogens is 1660 g/mol. The van der Waals surface area contributed by atoms with Gasteiger partial charge in [0.2, 0.25) is 0 Å². The number of nitrogens with two attached hydrogens (primary N) is 1. The summed E-state index contributed by atoms with van der Waals surface area (Å²) in [7, 11) is 6.24. The van der Waals surface area contributed by atoms with Crippen LogP contribution in [0.4, 0.5) is 13.2 Å². The molecule has 6 aromatic heterocycles. The molecule has 0 radical (unpaired) electrons. The Hall–Kier alpha value is -12.2. The number of fused-ring (bicyclic) bond motifs is 3. The Balaban J connectivity index is 0.000000215. The fourth-order valence-electron chi connectivity index (χ4n) is 12.8. The molecule has 0 amide bonds. The van der Waals surface area contributed by atoms with Crippen LogP contribution in [0.15, 0.2) is 228 Å². The molecule has 3 atom stereocenters. The number of halogens is 3. The van der Waals surface area contributed by atoms with Gasteiger partial charge >= 0.3 is 5.97 Å². The highest BCUT2D eigenvalue weighted by atomic mass is 32.1. The topological polar surface area (TPSA) is 320 Å². The SMILES string of the molecule is C.C.CC(O)(CN)c1cccc(-c2csc3c(F)cccc23)n1.COc1cc(C(=O)CCC(C)(O)c2cccc(-c3csc4c(F)cccc34)n2)ccc1OCCO.COc1ccc(COCCOc2ccc(C(=O)CCC(C)(O)c3cccc(-c4csc5c(F)cccc45)n3)cc2OC)cc1.COc1ccc(COCCOc2ccc(C(=O)O)cc2O)cc1.[2H][2H]. The number of aromatic nitrogens is 3. The summed E-state index contributed by atoms with van der Waals surface area (Å²) in [6, 6.07) is 60.1. The lowest BCUT2D eigenvalue weighted by atomic mass is 9.92. The molecule has 28 heteroatoms. The lowest BCUT2D eigenvalue weighted by molar-refractivity contribution is 0.0397. The van der Waals surface area contributed by atoms with Gasteiger partial charge in [0.15, 0.2) is 46.1 Å². The average molecular weight is 1770 g/mol. The Labute approximate surface area is 738 Å². The number of nitrogens with zero attached hydrogens (tertiary/aromatic N) is 3. The maximum absolute atomic E-state index is 14.2. The highest BCUT2D eigenvalue weighted by molar-refractivity contribution is 7.18. The summed E-state index contributed by atoms with van der Waals surface area (Å²) >= 11 is 3.99. The third kappa shape index (κ3) is 25.3. The number of rotatable bonds is 35. The maximum atomic E-state index is 14.2. The smallest absolute Gasteiger partial charge is 0.335 e. The van der Waals surface area contributed by atoms with Crippen LogP contribution in [0.5, 0.6) is 46.0 Å². The van der Waals surface area contributed by atoms with Gasteiger partial charge in [-0.25, -0.2) is 32.9 Å². The monoisotopic (exact) mass is 1770 g/mol. The number of ether oxygens (including phenoxy) is 9. The number of phenols is 1. The molecule has 0 fully saturated rings. The minimum absolute atomic E-state index is 0. The zero-order valence-electron chi connectivity index (χ0n) is 70.5. The molecule has 8 aromatic carbocycles. The molecule has 0 bridgehead atoms. The first-order valence-electron chi connectivity index (χ1n) is 39.9. The van der Waals surface area contributed by atoms with E-state index in [0.29, 0.717) is 115 Å². The van der Waals surface area contributed by atoms with Crippen molar-refractivity contribution in [3.05, 3.63) is 291 Å². The number of carbonyl (C=O) groups excluding carboxylic acids is 2. The Bertz CT molecular complexity index is 5940. The molecule has 6 heterocycles. The van der Waals surface area contributed by atoms with Gasteiger partial charge in [0.05, 0.1) is 115 Å². The third-order valence-electron chi connectivity index (χ3n) is 19.8. The van der Waals surface area contributed by atoms with Gasteiger partial charge in [0.25, 0.3) is 0 Å². The standard InChI is InChI=1S/C35H34FNO6S.C27H26FNO5S.C17H18O6.C16H15FN2OS.2CH4.H2/c1-35(39,33-9-5-8-29(37-33)27-22-44-34-26(27)6-4-7-28(34)36)17-16-30(38)24-12-15-31(32(20-24)41-3)43-19-18-42-21-23-10-13-25(40-2)14-11-23;1-27(32,12-11-22(31)17-9-10-23(34-14-13-30)24(15-17)33-2)25-8-4-7-21(29-25)19-16-35-26-18(19)5-3-6-20(26)28;1-21-14-5-2-12(3-6-14)11-22-8-9-23-16-7-4-13(17(19)20)10-15(16)18;1-16(20,9-18)14-7-3-6-13(19-14)11-8-21-15-10(11)4-2-5-12(15)17;;;/h4-15,20,22,39H,16-19,21H2,1-3H3;3-10,15-16,30,32H,11-14H2,1-2H3;2-7,10,18H,8-9,11H2,1H3,(H,19,20);2-8,20H,9,18H2,1H3;2*1H4;1H/i;;;;;;1+1D. The largest absolute Gasteiger partial charge is 0.504 e. The molecule has 125 heavy (non-hydrogen) atoms. The lowest BCUT2D eigenvalue weighted by Crippen LogP contribution is -2.32. The van der Waals surface area contributed by atoms with Crippen molar-refractivity contribution in [2.45, 2.75) is 91.3 Å². The van der Waals surface area contributed by atoms with E-state index in [1.54, 1.807) is 114 Å². The van der Waals surface area contributed by atoms with Crippen LogP contribution >= 0.6 is 34.0 Å². The van der Waals surface area contributed by atoms with Crippen LogP contribution in [0.1, 0.15) is 124 Å². The van der Waals surface area contributed by atoms with Crippen molar-refractivity contribution >= 4 is 81.8 Å². The Morgan fingerprint density at radius 3 is 1.14 bits per heavy atom. The van der Waals surface area contributed by atoms with Crippen LogP contribution in [0, 0.1) is 17.5 Å². The number of thiophene rings is 3. The van der Waals surface area contributed by atoms with Crippen LogP contribution < -0.4 is 38.9 Å². The quantitative estimate of drug-likeness (QED) is 0.0143. The normalized spacial score (nSPS) is 12.4. The first kappa shape index (κ1) is 95.0. The number of hydrogen-bond acceptors (Lipinski definition) is 24. The predicted molar refractivity (Wildman–Crippen MR) is 485 cm³/mol. The van der Waals surface area contributed by atoms with Crippen molar-refractivity contribution in [3.63, 3.8) is 0 Å². The Morgan fingerprint density at radius 2 is 0.784 bits per heavy atom. The van der Waals surface area contributed by atoms with Gasteiger partial charge in [0, 0.05) is 82.5 Å². The lowest BCUT2D eigenvalue weighted by Gasteiger charge is -2.23. The minimum atomic E-state index is -1.36. The van der Waals surface area contributed by atoms with Crippen LogP contribution in [0.3, 0.4) is 0 Å². The molecule has 658 valence electrons. The number of hydrogen-bond donors (Lipinski definition) is 7. The van der Waals surface area contributed by atoms with Crippen molar-refractivity contribution in [1.29, 1.82) is 0 Å². The molecule has 14 rings (SSSR count). The van der Waals surface area contributed by atoms with Gasteiger partial charge in [-0.05, 0) is 178 Å². The molecule has 0 spiro atoms. The highest BCUT2D eigenvalue weighted by Crippen LogP contribution is 2.41. The number of ketones is 2. The summed E-state index contributed by atoms with van der Waals surface area (Å²) in [5, 5.41) is 68.1. The second kappa shape index (κ2) is 45.4. The fraction of sp³-hybridized carbons (Fsp3) is 0.258. The number of aliphatic hydroxyl groups excluding tert-OH is 1. The number of benzene rings is 8. The molecule has 0 aliphatic rings. The van der Waals surface area contributed by atoms with Crippen LogP contribution in [0.25, 0.3) is 64.0 Å². The number of pyridine rings is 3. The van der Waals surface area contributed by atoms with Crippen molar-refractivity contribution in [1.82, 2.24) is 15.0 Å². The summed E-state index contributed by atoms with van der Waals surface area (Å²) in [4.78, 5) is 50.6. The summed E-state index contributed by atoms with van der Waals surface area (Å²) in [6.45, 7) is 7.14. The molecule has 0 saturated heterocycles. The van der Waals surface area contributed by atoms with Gasteiger partial charge in [-0.15, -0.1) is 34.0 Å². The Morgan fingerprint density at radius 1 is 0.432 bits per heavy atom. The fourth-order valence-corrected chi connectivity index (χ4v) is 15.7. The van der Waals surface area contributed by atoms with Crippen LogP contribution in [0.2, 0.25) is 0 Å². The number of aromatic hydroxyl groups is 1. The minimum Gasteiger partial charge on any atom is -0.504 e. The number of carboxylic acids is 1. The van der Waals surface area contributed by atoms with Crippen LogP contribution in [-0.2, 0) is 39.5 Å². The molecule has 0 saturated carbocycles. The summed E-state index contributed by atoms with van der Waals surface area (Å²) < 4.78 is 103.